The zero-order valence-corrected chi connectivity index (χ0v) is 23.4. The second-order valence-electron chi connectivity index (χ2n) is 9.58. The first-order valence-electron chi connectivity index (χ1n) is 13.3. The summed E-state index contributed by atoms with van der Waals surface area (Å²) in [6.45, 7) is 4.19. The number of rotatable bonds is 10. The van der Waals surface area contributed by atoms with Crippen molar-refractivity contribution in [2.75, 3.05) is 13.2 Å². The van der Waals surface area contributed by atoms with E-state index in [2.05, 4.69) is 0 Å². The van der Waals surface area contributed by atoms with Crippen molar-refractivity contribution in [2.45, 2.75) is 31.7 Å². The summed E-state index contributed by atoms with van der Waals surface area (Å²) in [5.41, 5.74) is 5.04. The first kappa shape index (κ1) is 27.4. The highest BCUT2D eigenvalue weighted by molar-refractivity contribution is 7.89. The molecule has 0 radical (unpaired) electrons. The average molecular weight is 554 g/mol. The molecule has 5 aromatic rings. The van der Waals surface area contributed by atoms with Gasteiger partial charge in [-0.25, -0.2) is 13.2 Å². The monoisotopic (exact) mass is 553 g/mol. The third-order valence-electron chi connectivity index (χ3n) is 6.89. The fourth-order valence-corrected chi connectivity index (χ4v) is 6.22. The molecule has 0 aliphatic heterocycles. The lowest BCUT2D eigenvalue weighted by Crippen LogP contribution is -2.32. The van der Waals surface area contributed by atoms with Gasteiger partial charge in [0.15, 0.2) is 0 Å². The van der Waals surface area contributed by atoms with Crippen LogP contribution in [-0.4, -0.2) is 31.8 Å². The predicted molar refractivity (Wildman–Crippen MR) is 157 cm³/mol. The Kier molecular flexibility index (Phi) is 8.14. The van der Waals surface area contributed by atoms with Gasteiger partial charge in [0.1, 0.15) is 5.58 Å². The van der Waals surface area contributed by atoms with Crippen molar-refractivity contribution < 1.29 is 22.4 Å². The van der Waals surface area contributed by atoms with Gasteiger partial charge < -0.3 is 9.15 Å². The van der Waals surface area contributed by atoms with E-state index in [1.54, 1.807) is 26.0 Å². The third kappa shape index (κ3) is 5.86. The number of hydrogen-bond acceptors (Lipinski definition) is 5. The minimum atomic E-state index is -3.90. The van der Waals surface area contributed by atoms with Crippen LogP contribution in [0.2, 0.25) is 0 Å². The summed E-state index contributed by atoms with van der Waals surface area (Å²) < 4.78 is 40.6. The van der Waals surface area contributed by atoms with Crippen molar-refractivity contribution in [3.8, 4) is 11.1 Å². The van der Waals surface area contributed by atoms with Gasteiger partial charge in [-0.05, 0) is 66.8 Å². The molecule has 40 heavy (non-hydrogen) atoms. The summed E-state index contributed by atoms with van der Waals surface area (Å²) in [7, 11) is -3.90. The van der Waals surface area contributed by atoms with E-state index in [1.807, 2.05) is 84.9 Å². The lowest BCUT2D eigenvalue weighted by Gasteiger charge is -2.23. The number of nitrogens with zero attached hydrogens (tertiary/aromatic N) is 1. The van der Waals surface area contributed by atoms with E-state index in [0.29, 0.717) is 29.5 Å². The summed E-state index contributed by atoms with van der Waals surface area (Å²) >= 11 is 0. The molecular formula is C33H31NO5S. The van der Waals surface area contributed by atoms with Gasteiger partial charge in [-0.1, -0.05) is 78.9 Å². The van der Waals surface area contributed by atoms with Gasteiger partial charge in [0, 0.05) is 24.0 Å². The van der Waals surface area contributed by atoms with E-state index < -0.39 is 16.0 Å². The molecule has 5 rings (SSSR count). The molecule has 0 fully saturated rings. The first-order valence-corrected chi connectivity index (χ1v) is 14.7. The molecule has 0 unspecified atom stereocenters. The molecule has 0 atom stereocenters. The van der Waals surface area contributed by atoms with Gasteiger partial charge >= 0.3 is 5.97 Å². The molecule has 7 heteroatoms. The van der Waals surface area contributed by atoms with Gasteiger partial charge in [-0.15, -0.1) is 0 Å². The third-order valence-corrected chi connectivity index (χ3v) is 8.73. The van der Waals surface area contributed by atoms with Crippen LogP contribution in [0.15, 0.2) is 112 Å². The number of hydrogen-bond donors (Lipinski definition) is 0. The molecule has 4 aromatic carbocycles. The Morgan fingerprint density at radius 3 is 2.23 bits per heavy atom. The molecule has 6 nitrogen and oxygen atoms in total. The number of aryl methyl sites for hydroxylation is 1. The van der Waals surface area contributed by atoms with Gasteiger partial charge in [0.25, 0.3) is 0 Å². The van der Waals surface area contributed by atoms with Crippen LogP contribution in [0.1, 0.15) is 34.2 Å². The van der Waals surface area contributed by atoms with Crippen LogP contribution in [-0.2, 0) is 27.7 Å². The maximum Gasteiger partial charge on any atom is 0.374 e. The minimum absolute atomic E-state index is 0.0880. The second-order valence-corrected chi connectivity index (χ2v) is 11.5. The predicted octanol–water partition coefficient (Wildman–Crippen LogP) is 7.02. The molecule has 204 valence electrons. The molecular weight excluding hydrogens is 522 g/mol. The van der Waals surface area contributed by atoms with E-state index in [4.69, 9.17) is 9.15 Å². The van der Waals surface area contributed by atoms with E-state index in [1.165, 1.54) is 10.4 Å². The Balaban J connectivity index is 1.50. The number of fused-ring (bicyclic) bond motifs is 1. The summed E-state index contributed by atoms with van der Waals surface area (Å²) in [5.74, 6) is -0.478. The second kappa shape index (κ2) is 11.9. The maximum absolute atomic E-state index is 14.1. The topological polar surface area (TPSA) is 76.8 Å². The normalized spacial score (nSPS) is 11.7. The highest BCUT2D eigenvalue weighted by Gasteiger charge is 2.27. The number of carbonyl (C=O) groups is 1. The highest BCUT2D eigenvalue weighted by Crippen LogP contribution is 2.30. The van der Waals surface area contributed by atoms with Crippen molar-refractivity contribution in [3.63, 3.8) is 0 Å². The summed E-state index contributed by atoms with van der Waals surface area (Å²) in [5, 5.41) is 0.568. The largest absolute Gasteiger partial charge is 0.460 e. The van der Waals surface area contributed by atoms with Gasteiger partial charge in [0.05, 0.1) is 11.5 Å². The van der Waals surface area contributed by atoms with Gasteiger partial charge in [-0.3, -0.25) is 0 Å². The van der Waals surface area contributed by atoms with Crippen molar-refractivity contribution in [1.29, 1.82) is 0 Å². The highest BCUT2D eigenvalue weighted by atomic mass is 32.2. The quantitative estimate of drug-likeness (QED) is 0.174. The van der Waals surface area contributed by atoms with Crippen LogP contribution in [0.4, 0.5) is 0 Å². The molecule has 0 saturated heterocycles. The SMILES string of the molecule is CCOC(=O)c1oc2ccc(S(=O)(=O)N(CCc3ccccc3)Cc3cccc(-c4ccccc4)c3)cc2c1C. The molecule has 0 N–H and O–H groups in total. The van der Waals surface area contributed by atoms with Crippen molar-refractivity contribution in [3.05, 3.63) is 126 Å². The molecule has 0 saturated carbocycles. The average Bonchev–Trinajstić information content (AvgIpc) is 3.32. The lowest BCUT2D eigenvalue weighted by molar-refractivity contribution is 0.0491. The number of furan rings is 1. The van der Waals surface area contributed by atoms with Gasteiger partial charge in [0.2, 0.25) is 15.8 Å². The Hall–Kier alpha value is -4.20. The van der Waals surface area contributed by atoms with Crippen LogP contribution >= 0.6 is 0 Å². The first-order chi connectivity index (χ1) is 19.4. The van der Waals surface area contributed by atoms with Crippen molar-refractivity contribution in [1.82, 2.24) is 4.31 Å². The number of esters is 1. The fraction of sp³-hybridized carbons (Fsp3) is 0.182. The summed E-state index contributed by atoms with van der Waals surface area (Å²) in [4.78, 5) is 12.5. The molecule has 0 aliphatic carbocycles. The lowest BCUT2D eigenvalue weighted by atomic mass is 10.0. The van der Waals surface area contributed by atoms with E-state index in [0.717, 1.165) is 22.3 Å². The molecule has 0 spiro atoms. The summed E-state index contributed by atoms with van der Waals surface area (Å²) in [6.07, 6.45) is 0.568. The fourth-order valence-electron chi connectivity index (χ4n) is 4.77. The van der Waals surface area contributed by atoms with E-state index in [9.17, 15) is 13.2 Å². The molecule has 1 heterocycles. The van der Waals surface area contributed by atoms with Crippen molar-refractivity contribution >= 4 is 27.0 Å². The van der Waals surface area contributed by atoms with Crippen LogP contribution < -0.4 is 0 Å². The van der Waals surface area contributed by atoms with Crippen LogP contribution in [0.25, 0.3) is 22.1 Å². The zero-order chi connectivity index (χ0) is 28.1. The maximum atomic E-state index is 14.1. The number of sulfonamides is 1. The van der Waals surface area contributed by atoms with Crippen molar-refractivity contribution in [2.24, 2.45) is 0 Å². The molecule has 0 amide bonds. The number of ether oxygens (including phenoxy) is 1. The Morgan fingerprint density at radius 2 is 1.50 bits per heavy atom. The van der Waals surface area contributed by atoms with Crippen LogP contribution in [0.3, 0.4) is 0 Å². The smallest absolute Gasteiger partial charge is 0.374 e. The Bertz CT molecular complexity index is 1730. The Labute approximate surface area is 234 Å². The minimum Gasteiger partial charge on any atom is -0.460 e. The zero-order valence-electron chi connectivity index (χ0n) is 22.5. The molecule has 0 bridgehead atoms. The summed E-state index contributed by atoms with van der Waals surface area (Å²) in [6, 6.07) is 32.6. The molecule has 1 aromatic heterocycles. The number of carbonyl (C=O) groups excluding carboxylic acids is 1. The Morgan fingerprint density at radius 1 is 0.825 bits per heavy atom. The van der Waals surface area contributed by atoms with Crippen LogP contribution in [0, 0.1) is 6.92 Å². The molecule has 0 aliphatic rings. The standard InChI is InChI=1S/C33H31NO5S/c1-3-38-33(35)32-24(2)30-22-29(17-18-31(30)39-32)40(36,37)34(20-19-25-11-6-4-7-12-25)23-26-13-10-16-28(21-26)27-14-8-5-9-15-27/h4-18,21-22H,3,19-20,23H2,1-2H3. The van der Waals surface area contributed by atoms with E-state index in [-0.39, 0.29) is 23.8 Å². The van der Waals surface area contributed by atoms with E-state index >= 15 is 0 Å². The number of benzene rings is 4. The van der Waals surface area contributed by atoms with Crippen LogP contribution in [0.5, 0.6) is 0 Å². The van der Waals surface area contributed by atoms with Gasteiger partial charge in [-0.2, -0.15) is 4.31 Å².